The lowest BCUT2D eigenvalue weighted by Gasteiger charge is -2.28. The molecule has 0 aromatic heterocycles. The van der Waals surface area contributed by atoms with Gasteiger partial charge in [-0.2, -0.15) is 0 Å². The van der Waals surface area contributed by atoms with Gasteiger partial charge in [-0.1, -0.05) is 13.8 Å². The number of carbonyl (C=O) groups is 1. The molecule has 0 radical (unpaired) electrons. The molecule has 1 amide bonds. The highest BCUT2D eigenvalue weighted by Gasteiger charge is 2.16. The molecule has 1 rings (SSSR count). The highest BCUT2D eigenvalue weighted by atomic mass is 35.5. The van der Waals surface area contributed by atoms with Crippen molar-refractivity contribution in [1.82, 2.24) is 15.1 Å². The number of hydrogen-bond donors (Lipinski definition) is 1. The highest BCUT2D eigenvalue weighted by Crippen LogP contribution is 2.00. The second-order valence-electron chi connectivity index (χ2n) is 4.32. The number of piperazine rings is 1. The molecule has 1 saturated heterocycles. The van der Waals surface area contributed by atoms with E-state index in [1.54, 1.807) is 0 Å². The van der Waals surface area contributed by atoms with Gasteiger partial charge in [0, 0.05) is 39.1 Å². The maximum atomic E-state index is 11.9. The number of halogens is 1. The molecule has 1 heterocycles. The van der Waals surface area contributed by atoms with E-state index in [1.165, 1.54) is 0 Å². The summed E-state index contributed by atoms with van der Waals surface area (Å²) >= 11 is 0. The first-order valence-electron chi connectivity index (χ1n) is 6.48. The standard InChI is InChI=1S/C12H25N3O.ClH/c1-3-8-14(4-2)9-5-12(16)15-10-6-13-7-11-15;/h13H,3-11H2,1-2H3;1H. The summed E-state index contributed by atoms with van der Waals surface area (Å²) in [4.78, 5) is 16.2. The third-order valence-corrected chi connectivity index (χ3v) is 3.10. The topological polar surface area (TPSA) is 35.6 Å². The Hall–Kier alpha value is -0.320. The fourth-order valence-corrected chi connectivity index (χ4v) is 2.07. The first kappa shape index (κ1) is 16.7. The number of nitrogens with one attached hydrogen (secondary N) is 1. The van der Waals surface area contributed by atoms with Crippen LogP contribution in [0.4, 0.5) is 0 Å². The molecule has 0 atom stereocenters. The summed E-state index contributed by atoms with van der Waals surface area (Å²) in [6.07, 6.45) is 1.84. The molecule has 0 bridgehead atoms. The summed E-state index contributed by atoms with van der Waals surface area (Å²) in [6, 6.07) is 0. The zero-order chi connectivity index (χ0) is 11.8. The molecule has 0 aliphatic carbocycles. The summed E-state index contributed by atoms with van der Waals surface area (Å²) < 4.78 is 0. The third kappa shape index (κ3) is 6.24. The summed E-state index contributed by atoms with van der Waals surface area (Å²) in [7, 11) is 0. The summed E-state index contributed by atoms with van der Waals surface area (Å²) in [6.45, 7) is 11.0. The SMILES string of the molecule is CCCN(CC)CCC(=O)N1CCNCC1.Cl. The number of carbonyl (C=O) groups excluding carboxylic acids is 1. The second-order valence-corrected chi connectivity index (χ2v) is 4.32. The van der Waals surface area contributed by atoms with Crippen LogP contribution in [0.15, 0.2) is 0 Å². The molecule has 5 heteroatoms. The van der Waals surface area contributed by atoms with Crippen LogP contribution in [0.25, 0.3) is 0 Å². The van der Waals surface area contributed by atoms with E-state index in [1.807, 2.05) is 4.90 Å². The zero-order valence-electron chi connectivity index (χ0n) is 11.1. The van der Waals surface area contributed by atoms with Crippen LogP contribution in [0.5, 0.6) is 0 Å². The molecular formula is C12H26ClN3O. The van der Waals surface area contributed by atoms with Crippen molar-refractivity contribution in [2.75, 3.05) is 45.8 Å². The monoisotopic (exact) mass is 263 g/mol. The van der Waals surface area contributed by atoms with Gasteiger partial charge in [-0.05, 0) is 19.5 Å². The predicted molar refractivity (Wildman–Crippen MR) is 73.7 cm³/mol. The van der Waals surface area contributed by atoms with Gasteiger partial charge in [-0.3, -0.25) is 4.79 Å². The van der Waals surface area contributed by atoms with E-state index < -0.39 is 0 Å². The first-order chi connectivity index (χ1) is 7.77. The Balaban J connectivity index is 0.00000256. The van der Waals surface area contributed by atoms with Crippen LogP contribution in [-0.4, -0.2) is 61.5 Å². The van der Waals surface area contributed by atoms with Crippen molar-refractivity contribution in [3.8, 4) is 0 Å². The Morgan fingerprint density at radius 3 is 2.41 bits per heavy atom. The highest BCUT2D eigenvalue weighted by molar-refractivity contribution is 5.85. The number of rotatable bonds is 6. The van der Waals surface area contributed by atoms with Crippen molar-refractivity contribution in [3.05, 3.63) is 0 Å². The van der Waals surface area contributed by atoms with Crippen LogP contribution in [0.3, 0.4) is 0 Å². The van der Waals surface area contributed by atoms with Gasteiger partial charge in [-0.25, -0.2) is 0 Å². The van der Waals surface area contributed by atoms with Gasteiger partial charge in [0.25, 0.3) is 0 Å². The van der Waals surface area contributed by atoms with Gasteiger partial charge in [0.15, 0.2) is 0 Å². The third-order valence-electron chi connectivity index (χ3n) is 3.10. The van der Waals surface area contributed by atoms with E-state index in [2.05, 4.69) is 24.1 Å². The van der Waals surface area contributed by atoms with Crippen LogP contribution in [0.1, 0.15) is 26.7 Å². The molecule has 0 unspecified atom stereocenters. The molecule has 0 aromatic rings. The van der Waals surface area contributed by atoms with Crippen molar-refractivity contribution >= 4 is 18.3 Å². The largest absolute Gasteiger partial charge is 0.340 e. The molecule has 1 fully saturated rings. The lowest BCUT2D eigenvalue weighted by Crippen LogP contribution is -2.47. The van der Waals surface area contributed by atoms with Crippen LogP contribution >= 0.6 is 12.4 Å². The molecule has 0 saturated carbocycles. The van der Waals surface area contributed by atoms with E-state index in [9.17, 15) is 4.79 Å². The minimum Gasteiger partial charge on any atom is -0.340 e. The summed E-state index contributed by atoms with van der Waals surface area (Å²) in [5.41, 5.74) is 0. The molecule has 17 heavy (non-hydrogen) atoms. The summed E-state index contributed by atoms with van der Waals surface area (Å²) in [5, 5.41) is 3.26. The smallest absolute Gasteiger partial charge is 0.223 e. The minimum absolute atomic E-state index is 0. The van der Waals surface area contributed by atoms with E-state index in [4.69, 9.17) is 0 Å². The Bertz CT molecular complexity index is 208. The molecular weight excluding hydrogens is 238 g/mol. The first-order valence-corrected chi connectivity index (χ1v) is 6.48. The van der Waals surface area contributed by atoms with Crippen molar-refractivity contribution in [3.63, 3.8) is 0 Å². The maximum absolute atomic E-state index is 11.9. The van der Waals surface area contributed by atoms with Crippen LogP contribution < -0.4 is 5.32 Å². The van der Waals surface area contributed by atoms with Gasteiger partial charge in [0.1, 0.15) is 0 Å². The van der Waals surface area contributed by atoms with Crippen molar-refractivity contribution in [1.29, 1.82) is 0 Å². The van der Waals surface area contributed by atoms with E-state index >= 15 is 0 Å². The van der Waals surface area contributed by atoms with Crippen molar-refractivity contribution in [2.24, 2.45) is 0 Å². The quantitative estimate of drug-likeness (QED) is 0.776. The predicted octanol–water partition coefficient (Wildman–Crippen LogP) is 0.962. The van der Waals surface area contributed by atoms with E-state index in [0.29, 0.717) is 12.3 Å². The molecule has 102 valence electrons. The Morgan fingerprint density at radius 2 is 1.88 bits per heavy atom. The van der Waals surface area contributed by atoms with Gasteiger partial charge in [0.2, 0.25) is 5.91 Å². The molecule has 1 N–H and O–H groups in total. The Kier molecular flexibility index (Phi) is 9.50. The van der Waals surface area contributed by atoms with E-state index in [-0.39, 0.29) is 12.4 Å². The molecule has 0 spiro atoms. The van der Waals surface area contributed by atoms with Crippen LogP contribution in [-0.2, 0) is 4.79 Å². The average molecular weight is 264 g/mol. The summed E-state index contributed by atoms with van der Waals surface area (Å²) in [5.74, 6) is 0.316. The minimum atomic E-state index is 0. The number of nitrogens with zero attached hydrogens (tertiary/aromatic N) is 2. The Labute approximate surface area is 111 Å². The number of amides is 1. The maximum Gasteiger partial charge on any atom is 0.223 e. The van der Waals surface area contributed by atoms with Crippen LogP contribution in [0.2, 0.25) is 0 Å². The van der Waals surface area contributed by atoms with Gasteiger partial charge in [-0.15, -0.1) is 12.4 Å². The zero-order valence-corrected chi connectivity index (χ0v) is 11.9. The Morgan fingerprint density at radius 1 is 1.24 bits per heavy atom. The second kappa shape index (κ2) is 9.68. The fraction of sp³-hybridized carbons (Fsp3) is 0.917. The lowest BCUT2D eigenvalue weighted by molar-refractivity contribution is -0.132. The molecule has 0 aromatic carbocycles. The molecule has 4 nitrogen and oxygen atoms in total. The average Bonchev–Trinajstić information content (AvgIpc) is 2.35. The van der Waals surface area contributed by atoms with Crippen LogP contribution in [0, 0.1) is 0 Å². The normalized spacial score (nSPS) is 15.8. The fourth-order valence-electron chi connectivity index (χ4n) is 2.07. The van der Waals surface area contributed by atoms with Gasteiger partial charge in [0.05, 0.1) is 0 Å². The van der Waals surface area contributed by atoms with Crippen molar-refractivity contribution < 1.29 is 4.79 Å². The van der Waals surface area contributed by atoms with Gasteiger partial charge >= 0.3 is 0 Å². The van der Waals surface area contributed by atoms with Gasteiger partial charge < -0.3 is 15.1 Å². The molecule has 1 aliphatic heterocycles. The molecule has 1 aliphatic rings. The van der Waals surface area contributed by atoms with Crippen molar-refractivity contribution in [2.45, 2.75) is 26.7 Å². The number of hydrogen-bond acceptors (Lipinski definition) is 3. The lowest BCUT2D eigenvalue weighted by atomic mass is 10.3. The van der Waals surface area contributed by atoms with E-state index in [0.717, 1.165) is 52.2 Å².